The first-order chi connectivity index (χ1) is 6.41. The summed E-state index contributed by atoms with van der Waals surface area (Å²) in [5, 5.41) is 0. The molecule has 84 valence electrons. The van der Waals surface area contributed by atoms with Crippen LogP contribution in [0.4, 0.5) is 0 Å². The second kappa shape index (κ2) is 6.38. The van der Waals surface area contributed by atoms with Gasteiger partial charge in [0.15, 0.2) is 0 Å². The van der Waals surface area contributed by atoms with Crippen molar-refractivity contribution in [1.29, 1.82) is 0 Å². The molecule has 0 saturated carbocycles. The first kappa shape index (κ1) is 13.9. The van der Waals surface area contributed by atoms with Gasteiger partial charge in [0, 0.05) is 17.9 Å². The minimum atomic E-state index is -0.172. The molecule has 1 unspecified atom stereocenters. The zero-order valence-corrected chi connectivity index (χ0v) is 10.3. The van der Waals surface area contributed by atoms with Gasteiger partial charge in [-0.2, -0.15) is 0 Å². The molecule has 0 heterocycles. The van der Waals surface area contributed by atoms with Crippen molar-refractivity contribution in [2.24, 2.45) is 5.92 Å². The maximum Gasteiger partial charge on any atom is 0.123 e. The Balaban J connectivity index is 3.96. The Morgan fingerprint density at radius 3 is 2.43 bits per heavy atom. The normalized spacial score (nSPS) is 14.4. The Bertz CT molecular complexity index is 172. The molecule has 0 fully saturated rings. The molecule has 0 spiro atoms. The smallest absolute Gasteiger partial charge is 0.123 e. The Hall–Kier alpha value is -0.120. The fraction of sp³-hybridized carbons (Fsp3) is 0.900. The molecular weight excluding hydrogens is 200 g/mol. The van der Waals surface area contributed by atoms with Crippen LogP contribution in [0.2, 0.25) is 0 Å². The van der Waals surface area contributed by atoms with Crippen molar-refractivity contribution >= 4 is 18.1 Å². The fourth-order valence-corrected chi connectivity index (χ4v) is 1.46. The van der Waals surface area contributed by atoms with Gasteiger partial charge in [0.1, 0.15) is 6.29 Å². The third-order valence-electron chi connectivity index (χ3n) is 2.24. The third-order valence-corrected chi connectivity index (χ3v) is 2.75. The van der Waals surface area contributed by atoms with E-state index in [1.165, 1.54) is 4.90 Å². The van der Waals surface area contributed by atoms with Crippen molar-refractivity contribution in [2.45, 2.75) is 32.2 Å². The summed E-state index contributed by atoms with van der Waals surface area (Å²) in [6.45, 7) is 5.01. The van der Waals surface area contributed by atoms with E-state index in [-0.39, 0.29) is 11.5 Å². The van der Waals surface area contributed by atoms with E-state index >= 15 is 0 Å². The lowest BCUT2D eigenvalue weighted by molar-refractivity contribution is -0.858. The molecule has 14 heavy (non-hydrogen) atoms. The van der Waals surface area contributed by atoms with E-state index in [1.807, 2.05) is 13.8 Å². The van der Waals surface area contributed by atoms with Crippen LogP contribution in [0.25, 0.3) is 0 Å². The van der Waals surface area contributed by atoms with Gasteiger partial charge in [-0.05, 0) is 32.0 Å². The molecule has 0 aliphatic carbocycles. The molecule has 0 amide bonds. The van der Waals surface area contributed by atoms with Gasteiger partial charge in [-0.25, -0.2) is 4.84 Å². The van der Waals surface area contributed by atoms with Gasteiger partial charge in [-0.3, -0.25) is 0 Å². The Morgan fingerprint density at radius 1 is 1.50 bits per heavy atom. The van der Waals surface area contributed by atoms with Gasteiger partial charge in [-0.15, -0.1) is 0 Å². The lowest BCUT2D eigenvalue weighted by Gasteiger charge is -2.25. The zero-order chi connectivity index (χ0) is 11.2. The average molecular weight is 222 g/mol. The highest BCUT2D eigenvalue weighted by atomic mass is 35.5. The van der Waals surface area contributed by atoms with E-state index in [1.54, 1.807) is 0 Å². The van der Waals surface area contributed by atoms with Gasteiger partial charge in [-0.1, -0.05) is 0 Å². The van der Waals surface area contributed by atoms with Crippen LogP contribution in [0.1, 0.15) is 26.7 Å². The highest BCUT2D eigenvalue weighted by Crippen LogP contribution is 2.17. The minimum absolute atomic E-state index is 0.103. The largest absolute Gasteiger partial charge is 0.340 e. The number of hydrogen-bond donors (Lipinski definition) is 2. The Morgan fingerprint density at radius 2 is 2.07 bits per heavy atom. The van der Waals surface area contributed by atoms with Crippen LogP contribution in [0.3, 0.4) is 0 Å². The van der Waals surface area contributed by atoms with Crippen LogP contribution in [0.5, 0.6) is 0 Å². The summed E-state index contributed by atoms with van der Waals surface area (Å²) in [6.07, 6.45) is 2.75. The van der Waals surface area contributed by atoms with Crippen LogP contribution in [-0.4, -0.2) is 32.5 Å². The van der Waals surface area contributed by atoms with Crippen LogP contribution in [0, 0.1) is 5.92 Å². The zero-order valence-electron chi connectivity index (χ0n) is 9.56. The maximum absolute atomic E-state index is 10.8. The topological polar surface area (TPSA) is 33.5 Å². The van der Waals surface area contributed by atoms with E-state index in [2.05, 4.69) is 18.9 Å². The number of carbonyl (C=O) groups excluding carboxylic acids is 1. The van der Waals surface area contributed by atoms with Crippen LogP contribution in [0.15, 0.2) is 0 Å². The fourth-order valence-electron chi connectivity index (χ4n) is 1.39. The molecule has 0 aliphatic heterocycles. The molecule has 0 radical (unpaired) electrons. The molecule has 3 nitrogen and oxygen atoms in total. The predicted octanol–water partition coefficient (Wildman–Crippen LogP) is 0.248. The molecule has 0 saturated heterocycles. The summed E-state index contributed by atoms with van der Waals surface area (Å²) in [5.41, 5.74) is -0.172. The summed E-state index contributed by atoms with van der Waals surface area (Å²) >= 11 is 5.59. The molecule has 2 N–H and O–H groups in total. The van der Waals surface area contributed by atoms with Crippen molar-refractivity contribution in [2.75, 3.05) is 20.6 Å². The van der Waals surface area contributed by atoms with Crippen molar-refractivity contribution in [3.8, 4) is 0 Å². The van der Waals surface area contributed by atoms with Crippen molar-refractivity contribution in [3.63, 3.8) is 0 Å². The Kier molecular flexibility index (Phi) is 6.33. The first-order valence-corrected chi connectivity index (χ1v) is 5.41. The van der Waals surface area contributed by atoms with E-state index in [9.17, 15) is 4.79 Å². The van der Waals surface area contributed by atoms with Gasteiger partial charge in [0.2, 0.25) is 0 Å². The summed E-state index contributed by atoms with van der Waals surface area (Å²) in [5.74, 6) is 0.103. The van der Waals surface area contributed by atoms with Crippen LogP contribution in [-0.2, 0) is 4.79 Å². The van der Waals surface area contributed by atoms with Gasteiger partial charge < -0.3 is 9.69 Å². The van der Waals surface area contributed by atoms with Crippen LogP contribution >= 0.6 is 11.8 Å². The van der Waals surface area contributed by atoms with E-state index in [0.29, 0.717) is 0 Å². The summed E-state index contributed by atoms with van der Waals surface area (Å²) in [6, 6.07) is 0. The summed E-state index contributed by atoms with van der Waals surface area (Å²) in [4.78, 5) is 14.9. The van der Waals surface area contributed by atoms with Crippen molar-refractivity contribution in [3.05, 3.63) is 0 Å². The van der Waals surface area contributed by atoms with Gasteiger partial charge >= 0.3 is 0 Å². The quantitative estimate of drug-likeness (QED) is 0.478. The lowest BCUT2D eigenvalue weighted by atomic mass is 9.90. The molecule has 0 aliphatic rings. The highest BCUT2D eigenvalue weighted by molar-refractivity contribution is 6.13. The second-order valence-corrected chi connectivity index (χ2v) is 5.01. The molecule has 1 atom stereocenters. The third kappa shape index (κ3) is 6.35. The molecular formula is C10H22ClN2O+. The molecule has 0 aromatic rings. The predicted molar refractivity (Wildman–Crippen MR) is 59.5 cm³/mol. The Labute approximate surface area is 91.9 Å². The monoisotopic (exact) mass is 221 g/mol. The number of quaternary nitrogens is 1. The highest BCUT2D eigenvalue weighted by Gasteiger charge is 2.22. The van der Waals surface area contributed by atoms with Crippen molar-refractivity contribution in [1.82, 2.24) is 4.84 Å². The molecule has 0 aromatic heterocycles. The maximum atomic E-state index is 10.8. The molecule has 0 rings (SSSR count). The summed E-state index contributed by atoms with van der Waals surface area (Å²) in [7, 11) is 4.18. The lowest BCUT2D eigenvalue weighted by Crippen LogP contribution is -3.05. The molecule has 0 aromatic carbocycles. The second-order valence-electron chi connectivity index (χ2n) is 4.82. The number of rotatable bonds is 7. The van der Waals surface area contributed by atoms with E-state index < -0.39 is 0 Å². The average Bonchev–Trinajstić information content (AvgIpc) is 2.12. The van der Waals surface area contributed by atoms with E-state index in [4.69, 9.17) is 11.8 Å². The van der Waals surface area contributed by atoms with Gasteiger partial charge in [0.05, 0.1) is 20.6 Å². The molecule has 0 bridgehead atoms. The number of nitrogens with one attached hydrogen (secondary N) is 2. The number of carbonyl (C=O) groups is 1. The van der Waals surface area contributed by atoms with Crippen LogP contribution < -0.4 is 9.74 Å². The SMILES string of the molecule is C[NH+](C)CCC(C=O)CC(C)(C)NCl. The first-order valence-electron chi connectivity index (χ1n) is 5.03. The number of aldehydes is 1. The number of halogens is 1. The molecule has 4 heteroatoms. The van der Waals surface area contributed by atoms with Crippen molar-refractivity contribution < 1.29 is 9.69 Å². The number of hydrogen-bond acceptors (Lipinski definition) is 2. The van der Waals surface area contributed by atoms with E-state index in [0.717, 1.165) is 25.7 Å². The van der Waals surface area contributed by atoms with Gasteiger partial charge in [0.25, 0.3) is 0 Å². The summed E-state index contributed by atoms with van der Waals surface area (Å²) < 4.78 is 0. The standard InChI is InChI=1S/C10H21ClN2O/c1-10(2,12-11)7-9(8-14)5-6-13(3)4/h8-9,12H,5-7H2,1-4H3/p+1. The minimum Gasteiger partial charge on any atom is -0.340 e.